The standard InChI is InChI=1S/C21H22ClN3O2/c1-4-18-19(22)20(25(3)24-18)21(26)23-13-15-6-5-7-17(12-15)27-16-10-8-14(2)9-11-16/h5-12H,4,13H2,1-3H3,(H,23,26). The summed E-state index contributed by atoms with van der Waals surface area (Å²) in [5, 5.41) is 7.58. The average molecular weight is 384 g/mol. The molecular formula is C21H22ClN3O2. The summed E-state index contributed by atoms with van der Waals surface area (Å²) >= 11 is 6.27. The Kier molecular flexibility index (Phi) is 5.81. The molecule has 0 spiro atoms. The molecule has 1 heterocycles. The Bertz CT molecular complexity index is 949. The molecule has 0 aliphatic rings. The molecule has 0 radical (unpaired) electrons. The molecule has 0 bridgehead atoms. The van der Waals surface area contributed by atoms with Gasteiger partial charge in [-0.15, -0.1) is 0 Å². The van der Waals surface area contributed by atoms with E-state index in [-0.39, 0.29) is 5.91 Å². The Balaban J connectivity index is 1.67. The van der Waals surface area contributed by atoms with E-state index in [0.717, 1.165) is 22.8 Å². The molecule has 1 aromatic heterocycles. The van der Waals surface area contributed by atoms with Crippen LogP contribution < -0.4 is 10.1 Å². The number of halogens is 1. The molecule has 1 N–H and O–H groups in total. The number of hydrogen-bond donors (Lipinski definition) is 1. The first-order chi connectivity index (χ1) is 13.0. The van der Waals surface area contributed by atoms with Crippen LogP contribution >= 0.6 is 11.6 Å². The molecule has 27 heavy (non-hydrogen) atoms. The van der Waals surface area contributed by atoms with Crippen LogP contribution in [0.4, 0.5) is 0 Å². The van der Waals surface area contributed by atoms with Crippen LogP contribution in [0.3, 0.4) is 0 Å². The highest BCUT2D eigenvalue weighted by Crippen LogP contribution is 2.23. The van der Waals surface area contributed by atoms with Gasteiger partial charge in [-0.25, -0.2) is 0 Å². The summed E-state index contributed by atoms with van der Waals surface area (Å²) < 4.78 is 7.39. The maximum absolute atomic E-state index is 12.5. The van der Waals surface area contributed by atoms with E-state index < -0.39 is 0 Å². The maximum Gasteiger partial charge on any atom is 0.271 e. The van der Waals surface area contributed by atoms with Crippen LogP contribution in [0.25, 0.3) is 0 Å². The minimum Gasteiger partial charge on any atom is -0.457 e. The lowest BCUT2D eigenvalue weighted by Crippen LogP contribution is -2.25. The third-order valence-corrected chi connectivity index (χ3v) is 4.61. The third-order valence-electron chi connectivity index (χ3n) is 4.21. The van der Waals surface area contributed by atoms with E-state index in [2.05, 4.69) is 10.4 Å². The number of ether oxygens (including phenoxy) is 1. The Hall–Kier alpha value is -2.79. The van der Waals surface area contributed by atoms with Gasteiger partial charge in [0.05, 0.1) is 10.7 Å². The van der Waals surface area contributed by atoms with Crippen LogP contribution in [0.2, 0.25) is 5.02 Å². The van der Waals surface area contributed by atoms with Crippen molar-refractivity contribution in [3.8, 4) is 11.5 Å². The second kappa shape index (κ2) is 8.27. The van der Waals surface area contributed by atoms with E-state index in [0.29, 0.717) is 23.7 Å². The zero-order valence-electron chi connectivity index (χ0n) is 15.6. The van der Waals surface area contributed by atoms with Crippen LogP contribution in [0.1, 0.15) is 34.2 Å². The van der Waals surface area contributed by atoms with Gasteiger partial charge in [-0.3, -0.25) is 9.48 Å². The molecule has 0 atom stereocenters. The van der Waals surface area contributed by atoms with Crippen LogP contribution in [0.5, 0.6) is 11.5 Å². The van der Waals surface area contributed by atoms with Crippen molar-refractivity contribution in [2.24, 2.45) is 7.05 Å². The number of aryl methyl sites for hydroxylation is 3. The van der Waals surface area contributed by atoms with Crippen molar-refractivity contribution in [1.29, 1.82) is 0 Å². The molecule has 0 aliphatic carbocycles. The van der Waals surface area contributed by atoms with Gasteiger partial charge in [0.1, 0.15) is 17.2 Å². The summed E-state index contributed by atoms with van der Waals surface area (Å²) in [6, 6.07) is 15.5. The van der Waals surface area contributed by atoms with Crippen LogP contribution in [0, 0.1) is 6.92 Å². The molecule has 0 saturated carbocycles. The molecular weight excluding hydrogens is 362 g/mol. The monoisotopic (exact) mass is 383 g/mol. The number of amides is 1. The normalized spacial score (nSPS) is 10.7. The second-order valence-electron chi connectivity index (χ2n) is 6.33. The van der Waals surface area contributed by atoms with E-state index in [4.69, 9.17) is 16.3 Å². The first kappa shape index (κ1) is 19.0. The van der Waals surface area contributed by atoms with Gasteiger partial charge < -0.3 is 10.1 Å². The number of rotatable bonds is 6. The minimum absolute atomic E-state index is 0.250. The molecule has 5 nitrogen and oxygen atoms in total. The number of hydrogen-bond acceptors (Lipinski definition) is 3. The molecule has 3 rings (SSSR count). The molecule has 2 aromatic carbocycles. The minimum atomic E-state index is -0.250. The van der Waals surface area contributed by atoms with E-state index >= 15 is 0 Å². The molecule has 0 fully saturated rings. The fraction of sp³-hybridized carbons (Fsp3) is 0.238. The Labute approximate surface area is 163 Å². The van der Waals surface area contributed by atoms with Gasteiger partial charge in [0.25, 0.3) is 5.91 Å². The van der Waals surface area contributed by atoms with Gasteiger partial charge in [-0.05, 0) is 43.2 Å². The van der Waals surface area contributed by atoms with E-state index in [1.807, 2.05) is 62.4 Å². The van der Waals surface area contributed by atoms with Gasteiger partial charge >= 0.3 is 0 Å². The summed E-state index contributed by atoms with van der Waals surface area (Å²) in [6.45, 7) is 4.35. The molecule has 1 amide bonds. The summed E-state index contributed by atoms with van der Waals surface area (Å²) in [7, 11) is 1.72. The zero-order valence-corrected chi connectivity index (χ0v) is 16.4. The number of carbonyl (C=O) groups is 1. The van der Waals surface area contributed by atoms with E-state index in [1.165, 1.54) is 10.2 Å². The fourth-order valence-corrected chi connectivity index (χ4v) is 3.13. The van der Waals surface area contributed by atoms with Crippen molar-refractivity contribution in [3.63, 3.8) is 0 Å². The highest BCUT2D eigenvalue weighted by atomic mass is 35.5. The van der Waals surface area contributed by atoms with Crippen molar-refractivity contribution in [2.45, 2.75) is 26.8 Å². The van der Waals surface area contributed by atoms with Crippen molar-refractivity contribution in [3.05, 3.63) is 76.1 Å². The van der Waals surface area contributed by atoms with Gasteiger partial charge in [0.15, 0.2) is 0 Å². The highest BCUT2D eigenvalue weighted by Gasteiger charge is 2.19. The van der Waals surface area contributed by atoms with Gasteiger partial charge in [0, 0.05) is 13.6 Å². The molecule has 140 valence electrons. The van der Waals surface area contributed by atoms with Crippen molar-refractivity contribution in [2.75, 3.05) is 0 Å². The quantitative estimate of drug-likeness (QED) is 0.673. The lowest BCUT2D eigenvalue weighted by molar-refractivity contribution is 0.0941. The Morgan fingerprint density at radius 3 is 2.59 bits per heavy atom. The van der Waals surface area contributed by atoms with Gasteiger partial charge in [0.2, 0.25) is 0 Å². The Morgan fingerprint density at radius 2 is 1.93 bits per heavy atom. The number of carbonyl (C=O) groups excluding carboxylic acids is 1. The molecule has 0 saturated heterocycles. The maximum atomic E-state index is 12.5. The summed E-state index contributed by atoms with van der Waals surface area (Å²) in [5.41, 5.74) is 3.21. The number of benzene rings is 2. The van der Waals surface area contributed by atoms with Gasteiger partial charge in [-0.1, -0.05) is 48.4 Å². The average Bonchev–Trinajstić information content (AvgIpc) is 2.95. The predicted octanol–water partition coefficient (Wildman–Crippen LogP) is 4.67. The van der Waals surface area contributed by atoms with Gasteiger partial charge in [-0.2, -0.15) is 5.10 Å². The predicted molar refractivity (Wildman–Crippen MR) is 106 cm³/mol. The highest BCUT2D eigenvalue weighted by molar-refractivity contribution is 6.34. The molecule has 6 heteroatoms. The smallest absolute Gasteiger partial charge is 0.271 e. The summed E-state index contributed by atoms with van der Waals surface area (Å²) in [6.07, 6.45) is 0.679. The third kappa shape index (κ3) is 4.49. The lowest BCUT2D eigenvalue weighted by atomic mass is 10.2. The fourth-order valence-electron chi connectivity index (χ4n) is 2.75. The van der Waals surface area contributed by atoms with E-state index in [1.54, 1.807) is 7.05 Å². The second-order valence-corrected chi connectivity index (χ2v) is 6.71. The molecule has 0 aliphatic heterocycles. The number of nitrogens with one attached hydrogen (secondary N) is 1. The number of nitrogens with zero attached hydrogens (tertiary/aromatic N) is 2. The van der Waals surface area contributed by atoms with Crippen LogP contribution in [-0.2, 0) is 20.0 Å². The summed E-state index contributed by atoms with van der Waals surface area (Å²) in [5.74, 6) is 1.24. The van der Waals surface area contributed by atoms with E-state index in [9.17, 15) is 4.79 Å². The van der Waals surface area contributed by atoms with Crippen molar-refractivity contribution in [1.82, 2.24) is 15.1 Å². The zero-order chi connectivity index (χ0) is 19.4. The SMILES string of the molecule is CCc1nn(C)c(C(=O)NCc2cccc(Oc3ccc(C)cc3)c2)c1Cl. The largest absolute Gasteiger partial charge is 0.457 e. The summed E-state index contributed by atoms with van der Waals surface area (Å²) in [4.78, 5) is 12.5. The number of aromatic nitrogens is 2. The molecule has 0 unspecified atom stereocenters. The molecule has 3 aromatic rings. The topological polar surface area (TPSA) is 56.2 Å². The lowest BCUT2D eigenvalue weighted by Gasteiger charge is -2.09. The Morgan fingerprint density at radius 1 is 1.19 bits per heavy atom. The van der Waals surface area contributed by atoms with Crippen LogP contribution in [0.15, 0.2) is 48.5 Å². The van der Waals surface area contributed by atoms with Crippen LogP contribution in [-0.4, -0.2) is 15.7 Å². The first-order valence-electron chi connectivity index (χ1n) is 8.81. The van der Waals surface area contributed by atoms with Crippen molar-refractivity contribution >= 4 is 17.5 Å². The first-order valence-corrected chi connectivity index (χ1v) is 9.18. The van der Waals surface area contributed by atoms with Crippen molar-refractivity contribution < 1.29 is 9.53 Å².